The minimum absolute atomic E-state index is 0.00698. The number of carbonyl (C=O) groups excluding carboxylic acids is 3. The maximum absolute atomic E-state index is 13.8. The van der Waals surface area contributed by atoms with Gasteiger partial charge in [0.05, 0.1) is 35.8 Å². The van der Waals surface area contributed by atoms with Crippen LogP contribution in [0.3, 0.4) is 0 Å². The van der Waals surface area contributed by atoms with Crippen LogP contribution >= 0.6 is 27.7 Å². The van der Waals surface area contributed by atoms with Gasteiger partial charge in [-0.3, -0.25) is 14.4 Å². The Balaban J connectivity index is 2.10. The summed E-state index contributed by atoms with van der Waals surface area (Å²) < 4.78 is 4.60. The number of amides is 2. The van der Waals surface area contributed by atoms with E-state index in [1.807, 2.05) is 13.8 Å². The fourth-order valence-corrected chi connectivity index (χ4v) is 8.85. The molecule has 3 unspecified atom stereocenters. The van der Waals surface area contributed by atoms with Crippen LogP contribution in [0.2, 0.25) is 0 Å². The number of halogens is 1. The number of alkyl halides is 1. The van der Waals surface area contributed by atoms with E-state index in [1.165, 1.54) is 4.90 Å². The smallest absolute Gasteiger partial charge is 0.310 e. The summed E-state index contributed by atoms with van der Waals surface area (Å²) in [4.78, 5) is 43.6. The minimum Gasteiger partial charge on any atom is -0.466 e. The second-order valence-corrected chi connectivity index (χ2v) is 11.3. The van der Waals surface area contributed by atoms with Gasteiger partial charge in [0, 0.05) is 22.7 Å². The molecule has 3 aliphatic heterocycles. The Bertz CT molecular complexity index is 734. The van der Waals surface area contributed by atoms with Crippen LogP contribution in [-0.2, 0) is 19.1 Å². The highest BCUT2D eigenvalue weighted by Gasteiger charge is 2.76. The van der Waals surface area contributed by atoms with Crippen LogP contribution in [0.4, 0.5) is 0 Å². The number of likely N-dealkylation sites (tertiary alicyclic amines) is 1. The molecule has 2 amide bonds. The summed E-state index contributed by atoms with van der Waals surface area (Å²) >= 11 is 5.28. The predicted molar refractivity (Wildman–Crippen MR) is 119 cm³/mol. The first-order chi connectivity index (χ1) is 14.2. The highest BCUT2D eigenvalue weighted by atomic mass is 79.9. The first-order valence-corrected chi connectivity index (χ1v) is 12.3. The van der Waals surface area contributed by atoms with Crippen molar-refractivity contribution in [3.8, 4) is 0 Å². The van der Waals surface area contributed by atoms with Crippen LogP contribution in [-0.4, -0.2) is 85.4 Å². The molecule has 9 heteroatoms. The Morgan fingerprint density at radius 2 is 2.13 bits per heavy atom. The zero-order valence-electron chi connectivity index (χ0n) is 17.9. The molecule has 3 heterocycles. The standard InChI is InChI=1S/C21H31BrN2O5S/c1-6-8-23(11(3)4)19(27)17-21-9-13(22)16(30-21)14(20(28)29-7-2)15(21)18(26)24(17)12(5)10-25/h6,11-17,25H,1,7-10H2,2-5H3/t12-,13?,14+,15+,16+,17?,21?/m1/s1. The Hall–Kier alpha value is -1.06. The molecule has 0 aromatic rings. The number of rotatable bonds is 8. The third kappa shape index (κ3) is 3.41. The lowest BCUT2D eigenvalue weighted by molar-refractivity contribution is -0.154. The fraction of sp³-hybridized carbons (Fsp3) is 0.762. The first-order valence-electron chi connectivity index (χ1n) is 10.5. The number of esters is 1. The molecule has 0 aromatic carbocycles. The van der Waals surface area contributed by atoms with E-state index in [4.69, 9.17) is 4.74 Å². The zero-order chi connectivity index (χ0) is 22.4. The van der Waals surface area contributed by atoms with Crippen molar-refractivity contribution >= 4 is 45.5 Å². The van der Waals surface area contributed by atoms with Gasteiger partial charge in [0.2, 0.25) is 11.8 Å². The summed E-state index contributed by atoms with van der Waals surface area (Å²) in [6.07, 6.45) is 2.29. The lowest BCUT2D eigenvalue weighted by Crippen LogP contribution is -2.58. The molecule has 3 aliphatic rings. The van der Waals surface area contributed by atoms with Gasteiger partial charge in [0.25, 0.3) is 0 Å². The van der Waals surface area contributed by atoms with Gasteiger partial charge in [-0.15, -0.1) is 18.3 Å². The maximum atomic E-state index is 13.8. The average Bonchev–Trinajstić information content (AvgIpc) is 3.28. The summed E-state index contributed by atoms with van der Waals surface area (Å²) in [5, 5.41) is 9.74. The van der Waals surface area contributed by atoms with E-state index in [0.29, 0.717) is 13.0 Å². The van der Waals surface area contributed by atoms with Crippen LogP contribution in [0.15, 0.2) is 12.7 Å². The van der Waals surface area contributed by atoms with E-state index in [-0.39, 0.29) is 47.1 Å². The molecular formula is C21H31BrN2O5S. The summed E-state index contributed by atoms with van der Waals surface area (Å²) in [6, 6.07) is -1.34. The molecule has 0 radical (unpaired) electrons. The van der Waals surface area contributed by atoms with Gasteiger partial charge in [0.1, 0.15) is 6.04 Å². The van der Waals surface area contributed by atoms with Crippen molar-refractivity contribution in [3.05, 3.63) is 12.7 Å². The van der Waals surface area contributed by atoms with E-state index < -0.39 is 28.7 Å². The summed E-state index contributed by atoms with van der Waals surface area (Å²) in [7, 11) is 0. The van der Waals surface area contributed by atoms with Crippen molar-refractivity contribution in [2.24, 2.45) is 11.8 Å². The minimum atomic E-state index is -0.742. The van der Waals surface area contributed by atoms with Gasteiger partial charge in [-0.1, -0.05) is 22.0 Å². The molecule has 0 aliphatic carbocycles. The first kappa shape index (κ1) is 23.6. The van der Waals surface area contributed by atoms with Crippen LogP contribution < -0.4 is 0 Å². The largest absolute Gasteiger partial charge is 0.466 e. The molecule has 1 N–H and O–H groups in total. The van der Waals surface area contributed by atoms with E-state index in [2.05, 4.69) is 22.5 Å². The molecule has 3 rings (SSSR count). The van der Waals surface area contributed by atoms with Crippen molar-refractivity contribution in [1.82, 2.24) is 9.80 Å². The van der Waals surface area contributed by atoms with Gasteiger partial charge < -0.3 is 19.6 Å². The molecule has 0 saturated carbocycles. The molecule has 2 bridgehead atoms. The van der Waals surface area contributed by atoms with Crippen LogP contribution in [0, 0.1) is 11.8 Å². The summed E-state index contributed by atoms with van der Waals surface area (Å²) in [5.41, 5.74) is 0. The van der Waals surface area contributed by atoms with E-state index in [0.717, 1.165) is 0 Å². The third-order valence-electron chi connectivity index (χ3n) is 6.49. The van der Waals surface area contributed by atoms with Crippen molar-refractivity contribution < 1.29 is 24.2 Å². The van der Waals surface area contributed by atoms with Crippen molar-refractivity contribution in [3.63, 3.8) is 0 Å². The quantitative estimate of drug-likeness (QED) is 0.309. The second-order valence-electron chi connectivity index (χ2n) is 8.57. The van der Waals surface area contributed by atoms with E-state index >= 15 is 0 Å². The average molecular weight is 503 g/mol. The van der Waals surface area contributed by atoms with Gasteiger partial charge in [-0.25, -0.2) is 0 Å². The number of carbonyl (C=O) groups is 3. The lowest BCUT2D eigenvalue weighted by atomic mass is 9.71. The molecule has 7 atom stereocenters. The van der Waals surface area contributed by atoms with Crippen LogP contribution in [0.5, 0.6) is 0 Å². The van der Waals surface area contributed by atoms with Gasteiger partial charge >= 0.3 is 5.97 Å². The Morgan fingerprint density at radius 3 is 2.67 bits per heavy atom. The SMILES string of the molecule is C=CCN(C(=O)C1N([C@H](C)CO)C(=O)[C@@H]2[C@H](C(=O)OCC)[C@H]3SC12CC3Br)C(C)C. The highest BCUT2D eigenvalue weighted by Crippen LogP contribution is 2.68. The summed E-state index contributed by atoms with van der Waals surface area (Å²) in [5.74, 6) is -1.99. The number of thioether (sulfide) groups is 1. The number of nitrogens with zero attached hydrogens (tertiary/aromatic N) is 2. The van der Waals surface area contributed by atoms with Crippen LogP contribution in [0.25, 0.3) is 0 Å². The molecule has 3 saturated heterocycles. The summed E-state index contributed by atoms with van der Waals surface area (Å²) in [6.45, 7) is 11.5. The van der Waals surface area contributed by atoms with E-state index in [9.17, 15) is 19.5 Å². The Morgan fingerprint density at radius 1 is 1.47 bits per heavy atom. The van der Waals surface area contributed by atoms with Crippen molar-refractivity contribution in [1.29, 1.82) is 0 Å². The highest BCUT2D eigenvalue weighted by molar-refractivity contribution is 9.09. The molecular weight excluding hydrogens is 472 g/mol. The van der Waals surface area contributed by atoms with Gasteiger partial charge in [-0.2, -0.15) is 0 Å². The van der Waals surface area contributed by atoms with Gasteiger partial charge in [-0.05, 0) is 34.1 Å². The van der Waals surface area contributed by atoms with Gasteiger partial charge in [0.15, 0.2) is 0 Å². The molecule has 0 aromatic heterocycles. The Labute approximate surface area is 190 Å². The normalized spacial score (nSPS) is 35.5. The number of ether oxygens (including phenoxy) is 1. The molecule has 1 spiro atoms. The number of hydrogen-bond acceptors (Lipinski definition) is 6. The lowest BCUT2D eigenvalue weighted by Gasteiger charge is -2.40. The van der Waals surface area contributed by atoms with Crippen molar-refractivity contribution in [2.45, 2.75) is 67.1 Å². The fourth-order valence-electron chi connectivity index (χ4n) is 5.27. The number of fused-ring (bicyclic) bond motifs is 1. The molecule has 7 nitrogen and oxygen atoms in total. The third-order valence-corrected chi connectivity index (χ3v) is 9.71. The molecule has 3 fully saturated rings. The van der Waals surface area contributed by atoms with Crippen molar-refractivity contribution in [2.75, 3.05) is 19.8 Å². The zero-order valence-corrected chi connectivity index (χ0v) is 20.3. The molecule has 168 valence electrons. The predicted octanol–water partition coefficient (Wildman–Crippen LogP) is 1.82. The monoisotopic (exact) mass is 502 g/mol. The second kappa shape index (κ2) is 8.82. The van der Waals surface area contributed by atoms with Crippen LogP contribution in [0.1, 0.15) is 34.1 Å². The maximum Gasteiger partial charge on any atom is 0.310 e. The molecule has 30 heavy (non-hydrogen) atoms. The number of aliphatic hydroxyl groups excluding tert-OH is 1. The Kier molecular flexibility index (Phi) is 6.94. The number of hydrogen-bond donors (Lipinski definition) is 1. The van der Waals surface area contributed by atoms with E-state index in [1.54, 1.807) is 36.6 Å². The number of aliphatic hydroxyl groups is 1. The topological polar surface area (TPSA) is 87.2 Å².